The lowest BCUT2D eigenvalue weighted by molar-refractivity contribution is -0.137. The third kappa shape index (κ3) is 55.9. The van der Waals surface area contributed by atoms with Crippen molar-refractivity contribution in [1.29, 1.82) is 0 Å². The van der Waals surface area contributed by atoms with Crippen molar-refractivity contribution in [3.05, 3.63) is 35.9 Å². The first-order valence-corrected chi connectivity index (χ1v) is 48.6. The van der Waals surface area contributed by atoms with Crippen LogP contribution in [0.5, 0.6) is 0 Å². The van der Waals surface area contributed by atoms with Gasteiger partial charge in [-0.05, 0) is 213 Å². The molecule has 1 aliphatic heterocycles. The summed E-state index contributed by atoms with van der Waals surface area (Å²) in [5.41, 5.74) is -1.19. The molecule has 1 heterocycles. The number of aliphatic hydroxyl groups is 2. The average molecular weight is 1970 g/mol. The second-order valence-corrected chi connectivity index (χ2v) is 40.4. The Morgan fingerprint density at radius 3 is 1.34 bits per heavy atom. The van der Waals surface area contributed by atoms with Gasteiger partial charge in [0.15, 0.2) is 0 Å². The third-order valence-electron chi connectivity index (χ3n) is 20.8. The van der Waals surface area contributed by atoms with E-state index < -0.39 is 266 Å². The maximum absolute atomic E-state index is 15.7. The van der Waals surface area contributed by atoms with Gasteiger partial charge in [-0.2, -0.15) is 0 Å². The lowest BCUT2D eigenvalue weighted by atomic mass is 9.90. The average Bonchev–Trinajstić information content (AvgIpc) is 1.08. The Labute approximate surface area is 818 Å². The molecule has 0 aliphatic carbocycles. The number of alkyl carbamates (subject to hydrolysis) is 5. The Morgan fingerprint density at radius 2 is 0.871 bits per heavy atom. The third-order valence-corrected chi connectivity index (χ3v) is 20.8. The second-order valence-electron chi connectivity index (χ2n) is 40.4. The minimum atomic E-state index is -2.11. The van der Waals surface area contributed by atoms with E-state index in [0.29, 0.717) is 69.9 Å². The van der Waals surface area contributed by atoms with E-state index in [1.165, 1.54) is 0 Å². The van der Waals surface area contributed by atoms with Crippen LogP contribution in [-0.4, -0.2) is 283 Å². The molecule has 0 saturated carbocycles. The van der Waals surface area contributed by atoms with Crippen molar-refractivity contribution < 1.29 is 120 Å². The van der Waals surface area contributed by atoms with Crippen LogP contribution >= 0.6 is 0 Å². The van der Waals surface area contributed by atoms with Gasteiger partial charge < -0.3 is 140 Å². The van der Waals surface area contributed by atoms with Crippen molar-refractivity contribution in [1.82, 2.24) is 95.7 Å². The minimum absolute atomic E-state index is 0.00706. The number of aliphatic hydroxyl groups excluding tert-OH is 2. The number of ether oxygens (including phenoxy) is 5. The van der Waals surface area contributed by atoms with Crippen LogP contribution in [0, 0.1) is 5.92 Å². The van der Waals surface area contributed by atoms with E-state index in [1.54, 1.807) is 148 Å². The van der Waals surface area contributed by atoms with Gasteiger partial charge in [0, 0.05) is 71.6 Å². The normalized spacial score (nSPS) is 19.3. The fourth-order valence-electron chi connectivity index (χ4n) is 14.0. The summed E-state index contributed by atoms with van der Waals surface area (Å²) in [5.74, 6) is -12.1. The van der Waals surface area contributed by atoms with Gasteiger partial charge in [-0.15, -0.1) is 0 Å². The van der Waals surface area contributed by atoms with Gasteiger partial charge in [-0.3, -0.25) is 57.5 Å². The van der Waals surface area contributed by atoms with Crippen LogP contribution in [0.2, 0.25) is 0 Å². The monoisotopic (exact) mass is 1970 g/mol. The van der Waals surface area contributed by atoms with Crippen LogP contribution in [-0.2, 0) is 92.4 Å². The van der Waals surface area contributed by atoms with Crippen LogP contribution in [0.25, 0.3) is 0 Å². The van der Waals surface area contributed by atoms with E-state index in [4.69, 9.17) is 29.4 Å². The molecule has 790 valence electrons. The number of aldehydes is 1. The van der Waals surface area contributed by atoms with E-state index in [9.17, 15) is 63.0 Å². The predicted molar refractivity (Wildman–Crippen MR) is 518 cm³/mol. The molecule has 1 aromatic carbocycles. The van der Waals surface area contributed by atoms with Gasteiger partial charge in [0.2, 0.25) is 70.9 Å². The topological polar surface area (TPSA) is 636 Å². The maximum atomic E-state index is 15.7. The summed E-state index contributed by atoms with van der Waals surface area (Å²) >= 11 is 0. The molecule has 0 bridgehead atoms. The zero-order chi connectivity index (χ0) is 105. The Hall–Kier alpha value is -11.3. The number of amides is 17. The molecule has 44 heteroatoms. The molecule has 0 radical (unpaired) electrons. The van der Waals surface area contributed by atoms with E-state index in [1.807, 2.05) is 0 Å². The summed E-state index contributed by atoms with van der Waals surface area (Å²) in [5, 5.41) is 70.1. The number of rotatable bonds is 49. The van der Waals surface area contributed by atoms with Crippen LogP contribution in [0.15, 0.2) is 30.3 Å². The molecule has 0 spiro atoms. The van der Waals surface area contributed by atoms with Gasteiger partial charge in [0.05, 0.1) is 18.2 Å². The SMILES string of the molecule is CCCCCCCC[C@H](NC(=O)CCCCCNC(=O)CCCCCN)C(=O)N[C@@H](CCNC(=O)OC(C)(C)C)C(=O)N[C@H](C(=O)N[C@@H](CCNC(=O)OC(C)(C)C)C(=O)N[C@H]1CCNC(=O)[C@H]([C@@H](C)O)NC(=O)[C@H](CCNC(=O)OC(C)(C)C)NC(=O)[C@H](CCNC(=O)OC(C)(C)C)NC(=O)[C@H](CC(C)C)NC[C@@](C=O)(Cc2ccccc2)NC(=O)[C@H](CCNC(=O)OC(C)(C)C)NC1=O)[C@@H](C)O. The quantitative estimate of drug-likeness (QED) is 0.0252. The number of hydrogen-bond acceptors (Lipinski definition) is 27. The zero-order valence-electron chi connectivity index (χ0n) is 85.5. The number of nitrogens with one attached hydrogen (secondary N) is 18. The molecular formula is C95H165N19O25. The highest BCUT2D eigenvalue weighted by molar-refractivity contribution is 5.99. The first kappa shape index (κ1) is 124. The molecule has 1 saturated heterocycles. The smallest absolute Gasteiger partial charge is 0.407 e. The fourth-order valence-corrected chi connectivity index (χ4v) is 14.0. The van der Waals surface area contributed by atoms with Gasteiger partial charge in [-0.25, -0.2) is 24.0 Å². The standard InChI is InChI=1S/C95H165N19O25/c1-21-22-23-24-25-31-38-63(105-72(119)40-33-28-35-48-97-71(118)39-32-27-34-47-96)75(120)107-68(45-53-102-88(133)138-93(15,16)17)80(125)113-74(61(5)117)84(129)111-66(43-51-100-86(131)136-91(9,10)11)78(123)106-64-41-49-98-83(128)73(60(4)116)112-79(124)67(44-52-101-87(132)137-92(12,13)14)108-76(121)65(42-50-99-85(130)135-90(6,7)8)109-81(126)70(55-59(2)3)104-57-95(58-115,56-62-36-29-26-30-37-62)114-82(127)69(110-77(64)122)46-54-103-89(134)139-94(18,19)20/h26,29-30,36-37,58-61,63-70,73-74,104,116-117H,21-25,27-28,31-35,38-57,96H2,1-20H3,(H,97,118)(H,98,128)(H,99,130)(H,100,131)(H,101,132)(H,102,133)(H,103,134)(H,105,119)(H,106,123)(H,107,120)(H,108,121)(H,109,126)(H,110,122)(H,111,129)(H,112,124)(H,113,125)(H,114,127)/t60-,61-,63+,64+,65+,66+,67+,68+,69+,70+,73+,74+,95-/m1/s1. The second kappa shape index (κ2) is 62.7. The fraction of sp³-hybridized carbons (Fsp3) is 0.747. The summed E-state index contributed by atoms with van der Waals surface area (Å²) < 4.78 is 27.2. The lowest BCUT2D eigenvalue weighted by Crippen LogP contribution is -2.65. The molecule has 1 aromatic rings. The molecule has 13 atom stereocenters. The van der Waals surface area contributed by atoms with E-state index in [0.717, 1.165) is 52.4 Å². The Kier molecular flexibility index (Phi) is 55.8. The first-order valence-electron chi connectivity index (χ1n) is 48.6. The highest BCUT2D eigenvalue weighted by Gasteiger charge is 2.42. The predicted octanol–water partition coefficient (Wildman–Crippen LogP) is 3.45. The Morgan fingerprint density at radius 1 is 0.453 bits per heavy atom. The Balaban J connectivity index is 3.13. The van der Waals surface area contributed by atoms with Gasteiger partial charge in [-0.1, -0.05) is 102 Å². The number of benzene rings is 1. The molecule has 17 amide bonds. The minimum Gasteiger partial charge on any atom is -0.444 e. The van der Waals surface area contributed by atoms with Crippen molar-refractivity contribution in [2.45, 2.75) is 392 Å². The Bertz CT molecular complexity index is 4070. The van der Waals surface area contributed by atoms with Crippen LogP contribution in [0.3, 0.4) is 0 Å². The first-order chi connectivity index (χ1) is 64.9. The highest BCUT2D eigenvalue weighted by atomic mass is 16.6. The van der Waals surface area contributed by atoms with Crippen LogP contribution < -0.4 is 101 Å². The van der Waals surface area contributed by atoms with Crippen molar-refractivity contribution in [3.8, 4) is 0 Å². The van der Waals surface area contributed by atoms with E-state index >= 15 is 33.6 Å². The summed E-state index contributed by atoms with van der Waals surface area (Å²) in [7, 11) is 0. The van der Waals surface area contributed by atoms with Crippen LogP contribution in [0.4, 0.5) is 24.0 Å². The van der Waals surface area contributed by atoms with Gasteiger partial charge in [0.25, 0.3) is 0 Å². The van der Waals surface area contributed by atoms with Crippen LogP contribution in [0.1, 0.15) is 285 Å². The van der Waals surface area contributed by atoms with Crippen molar-refractivity contribution in [2.24, 2.45) is 11.7 Å². The van der Waals surface area contributed by atoms with Crippen molar-refractivity contribution in [2.75, 3.05) is 58.9 Å². The number of carbonyl (C=O) groups excluding carboxylic acids is 18. The van der Waals surface area contributed by atoms with E-state index in [2.05, 4.69) is 103 Å². The number of unbranched alkanes of at least 4 members (excludes halogenated alkanes) is 9. The van der Waals surface area contributed by atoms with E-state index in [-0.39, 0.29) is 57.0 Å². The number of nitrogens with two attached hydrogens (primary N) is 1. The number of hydrogen-bond donors (Lipinski definition) is 21. The molecule has 139 heavy (non-hydrogen) atoms. The largest absolute Gasteiger partial charge is 0.444 e. The summed E-state index contributed by atoms with van der Waals surface area (Å²) in [6.07, 6.45) is -2.37. The molecule has 0 aromatic heterocycles. The highest BCUT2D eigenvalue weighted by Crippen LogP contribution is 2.20. The molecule has 0 unspecified atom stereocenters. The molecule has 1 aliphatic rings. The lowest BCUT2D eigenvalue weighted by Gasteiger charge is -2.34. The summed E-state index contributed by atoms with van der Waals surface area (Å²) in [6.45, 7) is 29.2. The van der Waals surface area contributed by atoms with Gasteiger partial charge in [0.1, 0.15) is 94.2 Å². The molecular weight excluding hydrogens is 1810 g/mol. The molecule has 1 fully saturated rings. The van der Waals surface area contributed by atoms with Crippen molar-refractivity contribution in [3.63, 3.8) is 0 Å². The van der Waals surface area contributed by atoms with Gasteiger partial charge >= 0.3 is 30.5 Å². The molecule has 22 N–H and O–H groups in total. The maximum Gasteiger partial charge on any atom is 0.407 e. The molecule has 2 rings (SSSR count). The van der Waals surface area contributed by atoms with Crippen molar-refractivity contribution >= 4 is 108 Å². The number of carbonyl (C=O) groups is 18. The summed E-state index contributed by atoms with van der Waals surface area (Å²) in [4.78, 5) is 258. The summed E-state index contributed by atoms with van der Waals surface area (Å²) in [6, 6.07) is -9.23. The zero-order valence-corrected chi connectivity index (χ0v) is 85.5. The molecule has 44 nitrogen and oxygen atoms in total.